The maximum Gasteiger partial charge on any atom is 0.230 e. The Hall–Kier alpha value is -2.13. The van der Waals surface area contributed by atoms with E-state index in [0.29, 0.717) is 13.0 Å². The van der Waals surface area contributed by atoms with Gasteiger partial charge in [-0.25, -0.2) is 0 Å². The highest BCUT2D eigenvalue weighted by Crippen LogP contribution is 2.24. The van der Waals surface area contributed by atoms with E-state index in [1.807, 2.05) is 75.4 Å². The van der Waals surface area contributed by atoms with Crippen molar-refractivity contribution in [3.63, 3.8) is 0 Å². The number of carbonyl (C=O) groups is 1. The van der Waals surface area contributed by atoms with Gasteiger partial charge in [0.2, 0.25) is 5.91 Å². The van der Waals surface area contributed by atoms with Crippen LogP contribution in [-0.4, -0.2) is 17.6 Å². The van der Waals surface area contributed by atoms with Crippen LogP contribution in [0.5, 0.6) is 0 Å². The van der Waals surface area contributed by atoms with Crippen molar-refractivity contribution in [2.45, 2.75) is 38.7 Å². The monoisotopic (exact) mass is 311 g/mol. The summed E-state index contributed by atoms with van der Waals surface area (Å²) in [4.78, 5) is 12.5. The standard InChI is InChI=1S/C20H25NO2/c1-15-9-11-17(12-10-15)20(2,3)19(23)21-14-13-18(22)16-7-5-4-6-8-16/h4-12,18,22H,13-14H2,1-3H3,(H,21,23). The van der Waals surface area contributed by atoms with Gasteiger partial charge < -0.3 is 10.4 Å². The van der Waals surface area contributed by atoms with Gasteiger partial charge in [-0.05, 0) is 38.3 Å². The second-order valence-corrected chi connectivity index (χ2v) is 6.46. The third kappa shape index (κ3) is 4.42. The summed E-state index contributed by atoms with van der Waals surface area (Å²) in [5, 5.41) is 13.1. The summed E-state index contributed by atoms with van der Waals surface area (Å²) in [6, 6.07) is 17.5. The van der Waals surface area contributed by atoms with Gasteiger partial charge in [0.05, 0.1) is 11.5 Å². The van der Waals surface area contributed by atoms with E-state index in [0.717, 1.165) is 11.1 Å². The van der Waals surface area contributed by atoms with E-state index in [2.05, 4.69) is 5.32 Å². The van der Waals surface area contributed by atoms with Crippen LogP contribution in [0.4, 0.5) is 0 Å². The lowest BCUT2D eigenvalue weighted by molar-refractivity contribution is -0.125. The fraction of sp³-hybridized carbons (Fsp3) is 0.350. The Balaban J connectivity index is 1.90. The van der Waals surface area contributed by atoms with Gasteiger partial charge in [-0.1, -0.05) is 60.2 Å². The van der Waals surface area contributed by atoms with E-state index < -0.39 is 11.5 Å². The predicted molar refractivity (Wildman–Crippen MR) is 93.2 cm³/mol. The van der Waals surface area contributed by atoms with Crippen molar-refractivity contribution in [1.29, 1.82) is 0 Å². The first kappa shape index (κ1) is 17.2. The van der Waals surface area contributed by atoms with Crippen molar-refractivity contribution in [2.75, 3.05) is 6.54 Å². The lowest BCUT2D eigenvalue weighted by Crippen LogP contribution is -2.40. The normalized spacial score (nSPS) is 12.7. The second-order valence-electron chi connectivity index (χ2n) is 6.46. The quantitative estimate of drug-likeness (QED) is 0.857. The van der Waals surface area contributed by atoms with Crippen LogP contribution in [0.3, 0.4) is 0 Å². The molecule has 0 saturated carbocycles. The van der Waals surface area contributed by atoms with E-state index in [9.17, 15) is 9.90 Å². The van der Waals surface area contributed by atoms with Crippen LogP contribution in [0.2, 0.25) is 0 Å². The number of hydrogen-bond acceptors (Lipinski definition) is 2. The zero-order valence-corrected chi connectivity index (χ0v) is 14.0. The van der Waals surface area contributed by atoms with Crippen LogP contribution >= 0.6 is 0 Å². The number of nitrogens with one attached hydrogen (secondary N) is 1. The number of carbonyl (C=O) groups excluding carboxylic acids is 1. The highest BCUT2D eigenvalue weighted by atomic mass is 16.3. The van der Waals surface area contributed by atoms with Crippen molar-refractivity contribution < 1.29 is 9.90 Å². The molecule has 122 valence electrons. The summed E-state index contributed by atoms with van der Waals surface area (Å²) in [6.45, 7) is 6.31. The number of amides is 1. The SMILES string of the molecule is Cc1ccc(C(C)(C)C(=O)NCCC(O)c2ccccc2)cc1. The van der Waals surface area contributed by atoms with Crippen molar-refractivity contribution >= 4 is 5.91 Å². The molecule has 0 radical (unpaired) electrons. The summed E-state index contributed by atoms with van der Waals surface area (Å²) in [5.41, 5.74) is 2.45. The Morgan fingerprint density at radius 2 is 1.70 bits per heavy atom. The van der Waals surface area contributed by atoms with Gasteiger partial charge in [-0.15, -0.1) is 0 Å². The van der Waals surface area contributed by atoms with Crippen LogP contribution in [0, 0.1) is 6.92 Å². The lowest BCUT2D eigenvalue weighted by Gasteiger charge is -2.24. The van der Waals surface area contributed by atoms with E-state index in [1.165, 1.54) is 5.56 Å². The van der Waals surface area contributed by atoms with Crippen molar-refractivity contribution in [3.05, 3.63) is 71.3 Å². The molecule has 3 nitrogen and oxygen atoms in total. The molecule has 2 aromatic carbocycles. The first-order chi connectivity index (χ1) is 10.9. The Labute approximate surface area is 138 Å². The van der Waals surface area contributed by atoms with E-state index in [-0.39, 0.29) is 5.91 Å². The molecule has 0 saturated heterocycles. The molecule has 0 bridgehead atoms. The molecule has 0 aliphatic rings. The molecule has 2 aromatic rings. The smallest absolute Gasteiger partial charge is 0.230 e. The minimum atomic E-state index is -0.592. The van der Waals surface area contributed by atoms with Gasteiger partial charge in [0.1, 0.15) is 0 Å². The zero-order valence-electron chi connectivity index (χ0n) is 14.0. The largest absolute Gasteiger partial charge is 0.388 e. The molecular weight excluding hydrogens is 286 g/mol. The van der Waals surface area contributed by atoms with Crippen molar-refractivity contribution in [2.24, 2.45) is 0 Å². The first-order valence-corrected chi connectivity index (χ1v) is 7.99. The fourth-order valence-electron chi connectivity index (χ4n) is 2.49. The minimum Gasteiger partial charge on any atom is -0.388 e. The Morgan fingerprint density at radius 3 is 2.30 bits per heavy atom. The second kappa shape index (κ2) is 7.42. The molecule has 2 N–H and O–H groups in total. The molecule has 0 aliphatic heterocycles. The molecule has 1 unspecified atom stereocenters. The van der Waals surface area contributed by atoms with Gasteiger partial charge in [0, 0.05) is 6.54 Å². The summed E-state index contributed by atoms with van der Waals surface area (Å²) < 4.78 is 0. The van der Waals surface area contributed by atoms with Crippen LogP contribution in [0.25, 0.3) is 0 Å². The molecule has 0 spiro atoms. The third-order valence-electron chi connectivity index (χ3n) is 4.23. The number of hydrogen-bond donors (Lipinski definition) is 2. The zero-order chi connectivity index (χ0) is 16.9. The lowest BCUT2D eigenvalue weighted by atomic mass is 9.83. The van der Waals surface area contributed by atoms with E-state index >= 15 is 0 Å². The van der Waals surface area contributed by atoms with Crippen molar-refractivity contribution in [3.8, 4) is 0 Å². The summed E-state index contributed by atoms with van der Waals surface area (Å²) in [6.07, 6.45) is -0.0568. The molecule has 0 fully saturated rings. The number of aryl methyl sites for hydroxylation is 1. The number of rotatable bonds is 6. The molecule has 3 heteroatoms. The Morgan fingerprint density at radius 1 is 1.09 bits per heavy atom. The van der Waals surface area contributed by atoms with Gasteiger partial charge in [0.15, 0.2) is 0 Å². The van der Waals surface area contributed by atoms with Crippen molar-refractivity contribution in [1.82, 2.24) is 5.32 Å². The van der Waals surface area contributed by atoms with Gasteiger partial charge in [0.25, 0.3) is 0 Å². The van der Waals surface area contributed by atoms with Gasteiger partial charge in [-0.3, -0.25) is 4.79 Å². The summed E-state index contributed by atoms with van der Waals surface area (Å²) in [5.74, 6) is -0.0263. The topological polar surface area (TPSA) is 49.3 Å². The van der Waals surface area contributed by atoms with E-state index in [4.69, 9.17) is 0 Å². The minimum absolute atomic E-state index is 0.0263. The van der Waals surface area contributed by atoms with Crippen LogP contribution < -0.4 is 5.32 Å². The molecule has 0 heterocycles. The number of aliphatic hydroxyl groups is 1. The number of aliphatic hydroxyl groups excluding tert-OH is 1. The molecule has 23 heavy (non-hydrogen) atoms. The average molecular weight is 311 g/mol. The maximum atomic E-state index is 12.5. The molecule has 1 amide bonds. The highest BCUT2D eigenvalue weighted by molar-refractivity contribution is 5.87. The molecule has 2 rings (SSSR count). The van der Waals surface area contributed by atoms with Crippen LogP contribution in [0.1, 0.15) is 43.1 Å². The molecular formula is C20H25NO2. The van der Waals surface area contributed by atoms with Gasteiger partial charge >= 0.3 is 0 Å². The fourth-order valence-corrected chi connectivity index (χ4v) is 2.49. The predicted octanol–water partition coefficient (Wildman–Crippen LogP) is 3.51. The highest BCUT2D eigenvalue weighted by Gasteiger charge is 2.29. The summed E-state index contributed by atoms with van der Waals surface area (Å²) >= 11 is 0. The van der Waals surface area contributed by atoms with Crippen LogP contribution in [0.15, 0.2) is 54.6 Å². The Kier molecular flexibility index (Phi) is 5.56. The molecule has 0 aromatic heterocycles. The summed E-state index contributed by atoms with van der Waals surface area (Å²) in [7, 11) is 0. The third-order valence-corrected chi connectivity index (χ3v) is 4.23. The average Bonchev–Trinajstić information content (AvgIpc) is 2.55. The molecule has 0 aliphatic carbocycles. The van der Waals surface area contributed by atoms with E-state index in [1.54, 1.807) is 0 Å². The number of benzene rings is 2. The van der Waals surface area contributed by atoms with Crippen LogP contribution in [-0.2, 0) is 10.2 Å². The Bertz CT molecular complexity index is 632. The molecule has 1 atom stereocenters. The van der Waals surface area contributed by atoms with Gasteiger partial charge in [-0.2, -0.15) is 0 Å². The maximum absolute atomic E-state index is 12.5. The first-order valence-electron chi connectivity index (χ1n) is 7.99.